The van der Waals surface area contributed by atoms with Crippen molar-refractivity contribution in [2.24, 2.45) is 0 Å². The molecular weight excluding hydrogens is 1420 g/mol. The molecule has 116 heavy (non-hydrogen) atoms. The molecule has 14 aromatic carbocycles. The van der Waals surface area contributed by atoms with E-state index >= 15 is 0 Å². The van der Waals surface area contributed by atoms with Crippen LogP contribution < -0.4 is 0 Å². The summed E-state index contributed by atoms with van der Waals surface area (Å²) in [6, 6.07) is 124. The highest BCUT2D eigenvalue weighted by Crippen LogP contribution is 2.43. The number of fused-ring (bicyclic) bond motifs is 18. The molecule has 540 valence electrons. The van der Waals surface area contributed by atoms with Crippen LogP contribution in [-0.2, 0) is 0 Å². The summed E-state index contributed by atoms with van der Waals surface area (Å²) in [5, 5.41) is 19.3. The van der Waals surface area contributed by atoms with Gasteiger partial charge in [0.15, 0.2) is 23.3 Å². The van der Waals surface area contributed by atoms with E-state index in [-0.39, 0.29) is 0 Å². The Morgan fingerprint density at radius 3 is 0.819 bits per heavy atom. The second-order valence-electron chi connectivity index (χ2n) is 29.1. The zero-order valence-corrected chi connectivity index (χ0v) is 62.1. The fraction of sp³-hybridized carbons (Fsp3) is 0. The summed E-state index contributed by atoms with van der Waals surface area (Å²) >= 11 is 0. The number of hydrogen-bond acceptors (Lipinski definition) is 10. The van der Waals surface area contributed by atoms with E-state index in [1.54, 1.807) is 24.8 Å². The van der Waals surface area contributed by atoms with Gasteiger partial charge in [0.2, 0.25) is 11.9 Å². The van der Waals surface area contributed by atoms with Gasteiger partial charge in [0.1, 0.15) is 22.8 Å². The van der Waals surface area contributed by atoms with Crippen LogP contribution in [-0.4, -0.2) is 68.1 Å². The minimum Gasteiger partial charge on any atom is -0.309 e. The fourth-order valence-corrected chi connectivity index (χ4v) is 17.2. The minimum absolute atomic E-state index is 0.485. The van der Waals surface area contributed by atoms with Gasteiger partial charge in [-0.25, -0.2) is 9.97 Å². The lowest BCUT2D eigenvalue weighted by atomic mass is 10.0. The molecule has 0 amide bonds. The first kappa shape index (κ1) is 65.8. The SMILES string of the molecule is c1ccc(-c2nc(-c3ccccn3)nc(-n3c4ccccc4c4cc(-c5ccc6c(c5)c5ccccc5n6-c5ccc6c(ccc7ccccc76)c5)ccc43)n2)nc1.c1ccc(-c2nc(-c3ccccn3)nc(-n3c4ccccc4c4cc(-c5ccc6c(c5)c5ccccc5n6-c5ccc6ccc7ccccc7c6c5)ccc43)n2)nc1. The summed E-state index contributed by atoms with van der Waals surface area (Å²) in [5.74, 6) is 2.95. The van der Waals surface area contributed by atoms with Crippen LogP contribution >= 0.6 is 0 Å². The van der Waals surface area contributed by atoms with Crippen LogP contribution in [0.15, 0.2) is 377 Å². The van der Waals surface area contributed by atoms with Crippen molar-refractivity contribution in [1.82, 2.24) is 68.1 Å². The first-order valence-corrected chi connectivity index (χ1v) is 38.7. The van der Waals surface area contributed by atoms with E-state index in [1.165, 1.54) is 86.7 Å². The molecule has 0 bridgehead atoms. The predicted molar refractivity (Wildman–Crippen MR) is 471 cm³/mol. The van der Waals surface area contributed by atoms with Gasteiger partial charge < -0.3 is 9.13 Å². The average molecular weight is 1480 g/mol. The van der Waals surface area contributed by atoms with E-state index in [0.29, 0.717) is 58.0 Å². The van der Waals surface area contributed by atoms with Crippen molar-refractivity contribution in [2.45, 2.75) is 0 Å². The number of hydrogen-bond donors (Lipinski definition) is 0. The van der Waals surface area contributed by atoms with E-state index in [9.17, 15) is 0 Å². The van der Waals surface area contributed by atoms with Crippen molar-refractivity contribution in [1.29, 1.82) is 0 Å². The quantitative estimate of drug-likeness (QED) is 0.121. The Labute approximate surface area is 662 Å². The molecule has 0 saturated heterocycles. The lowest BCUT2D eigenvalue weighted by molar-refractivity contribution is 0.943. The highest BCUT2D eigenvalue weighted by atomic mass is 15.2. The third kappa shape index (κ3) is 10.9. The molecule has 0 aliphatic rings. The summed E-state index contributed by atoms with van der Waals surface area (Å²) in [4.78, 5) is 48.0. The Morgan fingerprint density at radius 2 is 0.440 bits per heavy atom. The molecular formula is C102H62N14. The molecule has 0 atom stereocenters. The summed E-state index contributed by atoms with van der Waals surface area (Å²) in [7, 11) is 0. The van der Waals surface area contributed by atoms with Crippen molar-refractivity contribution in [3.63, 3.8) is 0 Å². The van der Waals surface area contributed by atoms with Crippen LogP contribution in [0.4, 0.5) is 0 Å². The van der Waals surface area contributed by atoms with Crippen molar-refractivity contribution in [3.8, 4) is 91.6 Å². The van der Waals surface area contributed by atoms with E-state index in [4.69, 9.17) is 29.9 Å². The molecule has 24 aromatic rings. The molecule has 24 rings (SSSR count). The second-order valence-corrected chi connectivity index (χ2v) is 29.1. The highest BCUT2D eigenvalue weighted by Gasteiger charge is 2.24. The second kappa shape index (κ2) is 26.9. The molecule has 0 N–H and O–H groups in total. The maximum Gasteiger partial charge on any atom is 0.238 e. The largest absolute Gasteiger partial charge is 0.309 e. The summed E-state index contributed by atoms with van der Waals surface area (Å²) < 4.78 is 9.05. The zero-order chi connectivity index (χ0) is 76.3. The molecule has 0 aliphatic heterocycles. The van der Waals surface area contributed by atoms with Gasteiger partial charge in [-0.15, -0.1) is 0 Å². The van der Waals surface area contributed by atoms with E-state index in [2.05, 4.69) is 317 Å². The zero-order valence-electron chi connectivity index (χ0n) is 62.1. The van der Waals surface area contributed by atoms with Crippen molar-refractivity contribution in [3.05, 3.63) is 377 Å². The van der Waals surface area contributed by atoms with Crippen LogP contribution in [0.1, 0.15) is 0 Å². The summed E-state index contributed by atoms with van der Waals surface area (Å²) in [6.07, 6.45) is 7.01. The molecule has 10 heterocycles. The number of rotatable bonds is 10. The van der Waals surface area contributed by atoms with Gasteiger partial charge >= 0.3 is 0 Å². The third-order valence-corrected chi connectivity index (χ3v) is 22.6. The fourth-order valence-electron chi connectivity index (χ4n) is 17.2. The number of para-hydroxylation sites is 4. The topological polar surface area (TPSA) is 149 Å². The third-order valence-electron chi connectivity index (χ3n) is 22.6. The molecule has 0 spiro atoms. The molecule has 0 fully saturated rings. The Bertz CT molecular complexity index is 7980. The monoisotopic (exact) mass is 1480 g/mol. The molecule has 14 nitrogen and oxygen atoms in total. The van der Waals surface area contributed by atoms with Crippen LogP contribution in [0, 0.1) is 0 Å². The first-order valence-electron chi connectivity index (χ1n) is 38.7. The Morgan fingerprint density at radius 1 is 0.164 bits per heavy atom. The van der Waals surface area contributed by atoms with E-state index in [1.807, 2.05) is 72.8 Å². The number of pyridine rings is 4. The van der Waals surface area contributed by atoms with E-state index in [0.717, 1.165) is 77.2 Å². The molecule has 0 saturated carbocycles. The molecule has 0 aliphatic carbocycles. The normalized spacial score (nSPS) is 11.8. The minimum atomic E-state index is 0.485. The van der Waals surface area contributed by atoms with Crippen molar-refractivity contribution >= 4 is 130 Å². The lowest BCUT2D eigenvalue weighted by Gasteiger charge is -2.11. The molecule has 14 heteroatoms. The van der Waals surface area contributed by atoms with Gasteiger partial charge in [-0.3, -0.25) is 29.1 Å². The van der Waals surface area contributed by atoms with Gasteiger partial charge in [-0.1, -0.05) is 206 Å². The number of aromatic nitrogens is 14. The van der Waals surface area contributed by atoms with Gasteiger partial charge in [-0.2, -0.15) is 19.9 Å². The molecule has 10 aromatic heterocycles. The van der Waals surface area contributed by atoms with Crippen LogP contribution in [0.25, 0.3) is 222 Å². The Balaban J connectivity index is 0.000000137. The predicted octanol–water partition coefficient (Wildman–Crippen LogP) is 24.3. The van der Waals surface area contributed by atoms with Crippen molar-refractivity contribution < 1.29 is 0 Å². The highest BCUT2D eigenvalue weighted by molar-refractivity contribution is 6.16. The lowest BCUT2D eigenvalue weighted by Crippen LogP contribution is -2.07. The van der Waals surface area contributed by atoms with E-state index < -0.39 is 0 Å². The van der Waals surface area contributed by atoms with Crippen LogP contribution in [0.3, 0.4) is 0 Å². The summed E-state index contributed by atoms with van der Waals surface area (Å²) in [5.41, 5.74) is 18.2. The Hall–Kier alpha value is -16.1. The first-order chi connectivity index (χ1) is 57.5. The van der Waals surface area contributed by atoms with Crippen LogP contribution in [0.5, 0.6) is 0 Å². The number of nitrogens with zero attached hydrogens (tertiary/aromatic N) is 14. The molecule has 0 unspecified atom stereocenters. The van der Waals surface area contributed by atoms with Gasteiger partial charge in [0.25, 0.3) is 0 Å². The maximum atomic E-state index is 5.02. The van der Waals surface area contributed by atoms with Crippen molar-refractivity contribution in [2.75, 3.05) is 0 Å². The smallest absolute Gasteiger partial charge is 0.238 e. The van der Waals surface area contributed by atoms with Gasteiger partial charge in [0.05, 0.1) is 44.1 Å². The standard InChI is InChI=1S/2C51H31N7/c1-2-12-37-32(11-1)19-20-35-29-36(23-24-38(35)37)57-45-17-5-3-13-39(45)41-30-33(21-25-47(41)57)34-22-26-48-42(31-34)40-14-4-6-18-46(40)58(48)51-55-49(43-15-7-9-27-52-43)54-50(56-51)44-16-8-10-28-53-44;1-2-12-37-32(11-1)19-20-33-21-24-36(31-40(33)37)57-45-17-5-3-13-38(45)41-29-34(22-25-47(41)57)35-23-26-48-42(30-35)39-14-4-6-18-46(39)58(48)51-55-49(43-15-7-9-27-52-43)54-50(56-51)44-16-8-10-28-53-44/h2*1-31H. The Kier molecular flexibility index (Phi) is 15.2. The summed E-state index contributed by atoms with van der Waals surface area (Å²) in [6.45, 7) is 0. The van der Waals surface area contributed by atoms with Gasteiger partial charge in [-0.05, 0) is 211 Å². The van der Waals surface area contributed by atoms with Gasteiger partial charge in [0, 0.05) is 79.3 Å². The molecule has 0 radical (unpaired) electrons. The number of benzene rings is 14. The van der Waals surface area contributed by atoms with Crippen LogP contribution in [0.2, 0.25) is 0 Å². The maximum absolute atomic E-state index is 5.02. The average Bonchev–Trinajstić information content (AvgIpc) is 1.61.